The molecule has 0 bridgehead atoms. The van der Waals surface area contributed by atoms with Crippen LogP contribution in [0.15, 0.2) is 82.8 Å². The van der Waals surface area contributed by atoms with Crippen molar-refractivity contribution in [3.8, 4) is 5.75 Å². The number of Topliss-reactive ketones (excluding diaryl/α,β-unsaturated/α-hetero) is 1. The molecule has 0 spiro atoms. The average molecular weight is 550 g/mol. The topological polar surface area (TPSA) is 76.1 Å². The minimum atomic E-state index is -0.714. The first-order valence-electron chi connectivity index (χ1n) is 11.7. The Morgan fingerprint density at radius 1 is 1.03 bits per heavy atom. The Hall–Kier alpha value is -3.42. The van der Waals surface area contributed by atoms with Crippen LogP contribution in [0.2, 0.25) is 0 Å². The van der Waals surface area contributed by atoms with Crippen LogP contribution >= 0.6 is 15.9 Å². The maximum absolute atomic E-state index is 13.2. The molecule has 1 saturated heterocycles. The van der Waals surface area contributed by atoms with Gasteiger partial charge in [0.15, 0.2) is 0 Å². The fourth-order valence-electron chi connectivity index (χ4n) is 4.27. The minimum absolute atomic E-state index is 0.0806. The summed E-state index contributed by atoms with van der Waals surface area (Å²) in [6, 6.07) is 21.8. The minimum Gasteiger partial charge on any atom is -0.507 e. The Balaban J connectivity index is 1.68. The maximum Gasteiger partial charge on any atom is 0.295 e. The van der Waals surface area contributed by atoms with Gasteiger partial charge in [0.1, 0.15) is 18.1 Å². The van der Waals surface area contributed by atoms with Crippen LogP contribution in [0.1, 0.15) is 34.7 Å². The van der Waals surface area contributed by atoms with E-state index < -0.39 is 17.7 Å². The Bertz CT molecular complexity index is 1270. The Morgan fingerprint density at radius 2 is 1.75 bits per heavy atom. The molecule has 4 rings (SSSR count). The first kappa shape index (κ1) is 25.7. The lowest BCUT2D eigenvalue weighted by Crippen LogP contribution is -2.31. The van der Waals surface area contributed by atoms with E-state index in [4.69, 9.17) is 9.47 Å². The molecule has 3 aromatic rings. The zero-order valence-electron chi connectivity index (χ0n) is 20.2. The molecular weight excluding hydrogens is 522 g/mol. The summed E-state index contributed by atoms with van der Waals surface area (Å²) in [6.07, 6.45) is 0.565. The summed E-state index contributed by atoms with van der Waals surface area (Å²) in [7, 11) is 1.59. The number of benzene rings is 3. The summed E-state index contributed by atoms with van der Waals surface area (Å²) < 4.78 is 11.9. The van der Waals surface area contributed by atoms with Crippen molar-refractivity contribution in [1.82, 2.24) is 4.90 Å². The summed E-state index contributed by atoms with van der Waals surface area (Å²) in [6.45, 7) is 3.10. The number of methoxy groups -OCH3 is 1. The SMILES string of the molecule is COCCCN1C(=O)C(=O)/C(=C(\O)c2ccc(Br)c(C)c2)C1c1ccc(OCc2ccccc2)cc1. The quantitative estimate of drug-likeness (QED) is 0.158. The van der Waals surface area contributed by atoms with E-state index in [1.54, 1.807) is 19.2 Å². The standard InChI is InChI=1S/C29H28BrNO5/c1-19-17-22(11-14-24(19)30)27(32)25-26(31(15-6-16-35-2)29(34)28(25)33)21-9-12-23(13-10-21)36-18-20-7-4-3-5-8-20/h3-5,7-14,17,26,32H,6,15-16,18H2,1-2H3/b27-25-. The number of hydrogen-bond donors (Lipinski definition) is 1. The van der Waals surface area contributed by atoms with E-state index >= 15 is 0 Å². The summed E-state index contributed by atoms with van der Waals surface area (Å²) in [5, 5.41) is 11.2. The van der Waals surface area contributed by atoms with Gasteiger partial charge in [-0.05, 0) is 54.3 Å². The number of carbonyl (C=O) groups excluding carboxylic acids is 2. The Labute approximate surface area is 219 Å². The number of likely N-dealkylation sites (tertiary alicyclic amines) is 1. The van der Waals surface area contributed by atoms with Gasteiger partial charge in [0.05, 0.1) is 11.6 Å². The van der Waals surface area contributed by atoms with Crippen molar-refractivity contribution in [3.05, 3.63) is 105 Å². The van der Waals surface area contributed by atoms with Crippen LogP contribution in [0.25, 0.3) is 5.76 Å². The summed E-state index contributed by atoms with van der Waals surface area (Å²) in [4.78, 5) is 27.7. The van der Waals surface area contributed by atoms with Crippen LogP contribution in [-0.4, -0.2) is 42.0 Å². The molecule has 0 aromatic heterocycles. The lowest BCUT2D eigenvalue weighted by molar-refractivity contribution is -0.140. The molecule has 36 heavy (non-hydrogen) atoms. The smallest absolute Gasteiger partial charge is 0.295 e. The van der Waals surface area contributed by atoms with Crippen molar-refractivity contribution in [1.29, 1.82) is 0 Å². The molecule has 3 aromatic carbocycles. The number of ether oxygens (including phenoxy) is 2. The predicted octanol–water partition coefficient (Wildman–Crippen LogP) is 5.79. The van der Waals surface area contributed by atoms with Crippen LogP contribution in [0.5, 0.6) is 5.75 Å². The molecule has 1 N–H and O–H groups in total. The molecule has 186 valence electrons. The van der Waals surface area contributed by atoms with E-state index in [0.29, 0.717) is 43.1 Å². The predicted molar refractivity (Wildman–Crippen MR) is 142 cm³/mol. The number of hydrogen-bond acceptors (Lipinski definition) is 5. The second-order valence-electron chi connectivity index (χ2n) is 8.65. The van der Waals surface area contributed by atoms with E-state index in [2.05, 4.69) is 15.9 Å². The van der Waals surface area contributed by atoms with Crippen LogP contribution in [-0.2, 0) is 20.9 Å². The highest BCUT2D eigenvalue weighted by molar-refractivity contribution is 9.10. The molecule has 0 radical (unpaired) electrons. The Morgan fingerprint density at radius 3 is 2.42 bits per heavy atom. The number of aliphatic hydroxyl groups excluding tert-OH is 1. The van der Waals surface area contributed by atoms with E-state index in [0.717, 1.165) is 15.6 Å². The first-order chi connectivity index (χ1) is 17.4. The molecule has 1 heterocycles. The number of rotatable bonds is 9. The molecule has 1 aliphatic heterocycles. The molecule has 7 heteroatoms. The third kappa shape index (κ3) is 5.53. The third-order valence-electron chi connectivity index (χ3n) is 6.16. The number of aliphatic hydroxyl groups is 1. The van der Waals surface area contributed by atoms with E-state index in [9.17, 15) is 14.7 Å². The fraction of sp³-hybridized carbons (Fsp3) is 0.241. The van der Waals surface area contributed by atoms with Gasteiger partial charge >= 0.3 is 0 Å². The van der Waals surface area contributed by atoms with Crippen LogP contribution in [0.4, 0.5) is 0 Å². The Kier molecular flexibility index (Phi) is 8.23. The van der Waals surface area contributed by atoms with E-state index in [-0.39, 0.29) is 11.3 Å². The van der Waals surface area contributed by atoms with Crippen LogP contribution in [0, 0.1) is 6.92 Å². The molecular formula is C29H28BrNO5. The van der Waals surface area contributed by atoms with Crippen molar-refractivity contribution < 1.29 is 24.2 Å². The number of halogens is 1. The molecule has 0 aliphatic carbocycles. The van der Waals surface area contributed by atoms with Crippen molar-refractivity contribution in [3.63, 3.8) is 0 Å². The zero-order valence-corrected chi connectivity index (χ0v) is 21.8. The molecule has 0 saturated carbocycles. The van der Waals surface area contributed by atoms with Gasteiger partial charge in [-0.2, -0.15) is 0 Å². The van der Waals surface area contributed by atoms with Gasteiger partial charge in [-0.25, -0.2) is 0 Å². The van der Waals surface area contributed by atoms with Crippen LogP contribution in [0.3, 0.4) is 0 Å². The lowest BCUT2D eigenvalue weighted by Gasteiger charge is -2.25. The number of nitrogens with zero attached hydrogens (tertiary/aromatic N) is 1. The second kappa shape index (κ2) is 11.5. The molecule has 1 amide bonds. The van der Waals surface area contributed by atoms with Gasteiger partial charge in [0.2, 0.25) is 0 Å². The molecule has 6 nitrogen and oxygen atoms in total. The normalized spacial score (nSPS) is 17.0. The van der Waals surface area contributed by atoms with Gasteiger partial charge in [-0.15, -0.1) is 0 Å². The number of carbonyl (C=O) groups is 2. The molecule has 1 atom stereocenters. The van der Waals surface area contributed by atoms with Crippen LogP contribution < -0.4 is 4.74 Å². The number of ketones is 1. The van der Waals surface area contributed by atoms with Gasteiger partial charge in [-0.1, -0.05) is 64.5 Å². The molecule has 1 unspecified atom stereocenters. The van der Waals surface area contributed by atoms with Gasteiger partial charge in [-0.3, -0.25) is 9.59 Å². The number of amides is 1. The third-order valence-corrected chi connectivity index (χ3v) is 7.05. The summed E-state index contributed by atoms with van der Waals surface area (Å²) in [5.74, 6) is -0.842. The monoisotopic (exact) mass is 549 g/mol. The van der Waals surface area contributed by atoms with Crippen molar-refractivity contribution >= 4 is 33.4 Å². The highest BCUT2D eigenvalue weighted by Gasteiger charge is 2.45. The second-order valence-corrected chi connectivity index (χ2v) is 9.50. The van der Waals surface area contributed by atoms with E-state index in [1.807, 2.05) is 67.6 Å². The number of aryl methyl sites for hydroxylation is 1. The molecule has 1 aliphatic rings. The van der Waals surface area contributed by atoms with E-state index in [1.165, 1.54) is 4.90 Å². The maximum atomic E-state index is 13.2. The highest BCUT2D eigenvalue weighted by Crippen LogP contribution is 2.40. The van der Waals surface area contributed by atoms with Crippen molar-refractivity contribution in [2.24, 2.45) is 0 Å². The first-order valence-corrected chi connectivity index (χ1v) is 12.5. The van der Waals surface area contributed by atoms with Gasteiger partial charge < -0.3 is 19.5 Å². The largest absolute Gasteiger partial charge is 0.507 e. The average Bonchev–Trinajstić information content (AvgIpc) is 3.15. The zero-order chi connectivity index (χ0) is 25.7. The summed E-state index contributed by atoms with van der Waals surface area (Å²) >= 11 is 3.46. The highest BCUT2D eigenvalue weighted by atomic mass is 79.9. The fourth-order valence-corrected chi connectivity index (χ4v) is 4.52. The summed E-state index contributed by atoms with van der Waals surface area (Å²) in [5.41, 5.74) is 3.24. The van der Waals surface area contributed by atoms with Crippen molar-refractivity contribution in [2.75, 3.05) is 20.3 Å². The van der Waals surface area contributed by atoms with Gasteiger partial charge in [0, 0.05) is 30.3 Å². The molecule has 1 fully saturated rings. The van der Waals surface area contributed by atoms with Gasteiger partial charge in [0.25, 0.3) is 11.7 Å². The lowest BCUT2D eigenvalue weighted by atomic mass is 9.95. The van der Waals surface area contributed by atoms with Crippen molar-refractivity contribution in [2.45, 2.75) is 26.0 Å².